The quantitative estimate of drug-likeness (QED) is 0.761. The maximum absolute atomic E-state index is 12.7. The minimum Gasteiger partial charge on any atom is -0.444 e. The van der Waals surface area contributed by atoms with Crippen LogP contribution in [0.4, 0.5) is 10.5 Å². The molecule has 33 heavy (non-hydrogen) atoms. The molecule has 8 heteroatoms. The van der Waals surface area contributed by atoms with Crippen molar-refractivity contribution in [2.75, 3.05) is 37.6 Å². The van der Waals surface area contributed by atoms with Gasteiger partial charge in [0.05, 0.1) is 16.8 Å². The van der Waals surface area contributed by atoms with Gasteiger partial charge in [0.15, 0.2) is 0 Å². The van der Waals surface area contributed by atoms with Crippen LogP contribution in [0.3, 0.4) is 0 Å². The summed E-state index contributed by atoms with van der Waals surface area (Å²) in [7, 11) is 0. The summed E-state index contributed by atoms with van der Waals surface area (Å²) < 4.78 is 5.21. The van der Waals surface area contributed by atoms with E-state index in [9.17, 15) is 14.9 Å². The van der Waals surface area contributed by atoms with Crippen molar-refractivity contribution in [3.63, 3.8) is 0 Å². The van der Waals surface area contributed by atoms with Crippen LogP contribution < -0.4 is 10.2 Å². The van der Waals surface area contributed by atoms with Gasteiger partial charge in [-0.1, -0.05) is 0 Å². The molecule has 1 saturated heterocycles. The van der Waals surface area contributed by atoms with Crippen molar-refractivity contribution in [2.45, 2.75) is 53.1 Å². The Labute approximate surface area is 195 Å². The van der Waals surface area contributed by atoms with Crippen LogP contribution in [0, 0.1) is 25.2 Å². The number of nitrogens with zero attached hydrogens (tertiary/aromatic N) is 4. The number of hydrogen-bond acceptors (Lipinski definition) is 6. The molecule has 0 bridgehead atoms. The number of carbonyl (C=O) groups is 2. The number of aromatic nitrogens is 1. The number of nitriles is 1. The fourth-order valence-electron chi connectivity index (χ4n) is 3.99. The number of pyridine rings is 1. The van der Waals surface area contributed by atoms with Gasteiger partial charge in [-0.05, 0) is 64.3 Å². The summed E-state index contributed by atoms with van der Waals surface area (Å²) in [5.41, 5.74) is 4.07. The number of benzene rings is 1. The third-order valence-electron chi connectivity index (χ3n) is 5.75. The van der Waals surface area contributed by atoms with E-state index in [0.717, 1.165) is 35.1 Å². The second-order valence-electron chi connectivity index (χ2n) is 9.49. The Hall–Kier alpha value is -3.34. The lowest BCUT2D eigenvalue weighted by atomic mass is 10.0. The van der Waals surface area contributed by atoms with Crippen LogP contribution in [0.1, 0.15) is 50.3 Å². The number of hydrogen-bond donors (Lipinski definition) is 1. The summed E-state index contributed by atoms with van der Waals surface area (Å²) in [6.07, 6.45) is 2.14. The Balaban J connectivity index is 1.67. The Morgan fingerprint density at radius 1 is 1.15 bits per heavy atom. The van der Waals surface area contributed by atoms with Gasteiger partial charge in [-0.25, -0.2) is 4.79 Å². The van der Waals surface area contributed by atoms with Gasteiger partial charge in [-0.2, -0.15) is 5.26 Å². The molecular formula is C25H33N5O3. The molecule has 0 saturated carbocycles. The van der Waals surface area contributed by atoms with E-state index in [4.69, 9.17) is 4.74 Å². The van der Waals surface area contributed by atoms with E-state index < -0.39 is 11.7 Å². The minimum atomic E-state index is -0.570. The van der Waals surface area contributed by atoms with E-state index in [1.807, 2.05) is 4.90 Å². The van der Waals surface area contributed by atoms with Crippen molar-refractivity contribution in [3.8, 4) is 6.07 Å². The first-order valence-corrected chi connectivity index (χ1v) is 11.4. The third kappa shape index (κ3) is 6.13. The molecule has 2 heterocycles. The first-order valence-electron chi connectivity index (χ1n) is 11.4. The molecule has 0 aliphatic carbocycles. The highest BCUT2D eigenvalue weighted by Gasteiger charge is 2.23. The van der Waals surface area contributed by atoms with Crippen LogP contribution in [-0.4, -0.2) is 60.2 Å². The van der Waals surface area contributed by atoms with Crippen molar-refractivity contribution >= 4 is 28.6 Å². The maximum Gasteiger partial charge on any atom is 0.407 e. The number of aryl methyl sites for hydroxylation is 2. The monoisotopic (exact) mass is 451 g/mol. The maximum atomic E-state index is 12.7. The van der Waals surface area contributed by atoms with E-state index >= 15 is 0 Å². The number of carbonyl (C=O) groups excluding carboxylic acids is 2. The highest BCUT2D eigenvalue weighted by molar-refractivity contribution is 5.95. The van der Waals surface area contributed by atoms with E-state index in [2.05, 4.69) is 47.3 Å². The largest absolute Gasteiger partial charge is 0.444 e. The lowest BCUT2D eigenvalue weighted by molar-refractivity contribution is -0.130. The smallest absolute Gasteiger partial charge is 0.407 e. The van der Waals surface area contributed by atoms with E-state index in [1.54, 1.807) is 27.0 Å². The Kier molecular flexibility index (Phi) is 7.42. The normalized spacial score (nSPS) is 14.5. The number of nitrogens with one attached hydrogen (secondary N) is 1. The molecule has 176 valence electrons. The standard InChI is InChI=1S/C25H33N5O3/c1-17-13-20-21(14-18(17)2)28-16-19(15-26)23(20)30-10-6-9-29(11-12-30)22(31)7-8-27-24(32)33-25(3,4)5/h13-14,16H,6-12H2,1-5H3,(H,27,32). The van der Waals surface area contributed by atoms with Crippen LogP contribution in [0.5, 0.6) is 0 Å². The predicted octanol–water partition coefficient (Wildman–Crippen LogP) is 3.68. The van der Waals surface area contributed by atoms with Crippen LogP contribution in [-0.2, 0) is 9.53 Å². The van der Waals surface area contributed by atoms with Gasteiger partial charge in [0.25, 0.3) is 0 Å². The molecular weight excluding hydrogens is 418 g/mol. The lowest BCUT2D eigenvalue weighted by Crippen LogP contribution is -2.38. The van der Waals surface area contributed by atoms with Gasteiger partial charge in [0.2, 0.25) is 5.91 Å². The van der Waals surface area contributed by atoms with Gasteiger partial charge in [0, 0.05) is 50.7 Å². The summed E-state index contributed by atoms with van der Waals surface area (Å²) in [4.78, 5) is 33.0. The highest BCUT2D eigenvalue weighted by atomic mass is 16.6. The predicted molar refractivity (Wildman–Crippen MR) is 128 cm³/mol. The van der Waals surface area contributed by atoms with Crippen molar-refractivity contribution in [1.29, 1.82) is 5.26 Å². The summed E-state index contributed by atoms with van der Waals surface area (Å²) >= 11 is 0. The molecule has 1 N–H and O–H groups in total. The fraction of sp³-hybridized carbons (Fsp3) is 0.520. The molecule has 1 aliphatic heterocycles. The van der Waals surface area contributed by atoms with Gasteiger partial charge in [-0.3, -0.25) is 9.78 Å². The van der Waals surface area contributed by atoms with Crippen molar-refractivity contribution in [2.24, 2.45) is 0 Å². The summed E-state index contributed by atoms with van der Waals surface area (Å²) in [6.45, 7) is 12.3. The second kappa shape index (κ2) is 10.1. The number of alkyl carbamates (subject to hydrolysis) is 1. The molecule has 1 aromatic heterocycles. The van der Waals surface area contributed by atoms with Crippen LogP contribution in [0.15, 0.2) is 18.3 Å². The Bertz CT molecular complexity index is 1080. The fourth-order valence-corrected chi connectivity index (χ4v) is 3.99. The minimum absolute atomic E-state index is 0.000490. The van der Waals surface area contributed by atoms with Gasteiger partial charge < -0.3 is 19.9 Å². The molecule has 0 atom stereocenters. The molecule has 1 fully saturated rings. The van der Waals surface area contributed by atoms with Crippen LogP contribution >= 0.6 is 0 Å². The summed E-state index contributed by atoms with van der Waals surface area (Å²) in [5.74, 6) is -0.000490. The zero-order chi connectivity index (χ0) is 24.2. The molecule has 3 rings (SSSR count). The SMILES string of the molecule is Cc1cc2ncc(C#N)c(N3CCCN(C(=O)CCNC(=O)OC(C)(C)C)CC3)c2cc1C. The van der Waals surface area contributed by atoms with Crippen molar-refractivity contribution < 1.29 is 14.3 Å². The molecule has 0 spiro atoms. The van der Waals surface area contributed by atoms with E-state index in [0.29, 0.717) is 25.2 Å². The number of rotatable bonds is 4. The summed E-state index contributed by atoms with van der Waals surface area (Å²) in [6, 6.07) is 6.45. The second-order valence-corrected chi connectivity index (χ2v) is 9.49. The molecule has 0 radical (unpaired) electrons. The zero-order valence-electron chi connectivity index (χ0n) is 20.2. The molecule has 0 unspecified atom stereocenters. The first kappa shape index (κ1) is 24.3. The average Bonchev–Trinajstić information content (AvgIpc) is 2.98. The van der Waals surface area contributed by atoms with E-state index in [-0.39, 0.29) is 18.9 Å². The number of amides is 2. The Morgan fingerprint density at radius 3 is 2.58 bits per heavy atom. The molecule has 8 nitrogen and oxygen atoms in total. The third-order valence-corrected chi connectivity index (χ3v) is 5.75. The van der Waals surface area contributed by atoms with Crippen LogP contribution in [0.25, 0.3) is 10.9 Å². The number of fused-ring (bicyclic) bond motifs is 1. The summed E-state index contributed by atoms with van der Waals surface area (Å²) in [5, 5.41) is 13.3. The Morgan fingerprint density at radius 2 is 1.88 bits per heavy atom. The van der Waals surface area contributed by atoms with Gasteiger partial charge in [0.1, 0.15) is 11.7 Å². The molecule has 1 aliphatic rings. The zero-order valence-corrected chi connectivity index (χ0v) is 20.2. The van der Waals surface area contributed by atoms with Crippen molar-refractivity contribution in [1.82, 2.24) is 15.2 Å². The molecule has 2 aromatic rings. The topological polar surface area (TPSA) is 98.6 Å². The average molecular weight is 452 g/mol. The number of anilines is 1. The van der Waals surface area contributed by atoms with E-state index in [1.165, 1.54) is 5.56 Å². The molecule has 1 aromatic carbocycles. The van der Waals surface area contributed by atoms with Crippen LogP contribution in [0.2, 0.25) is 0 Å². The van der Waals surface area contributed by atoms with Gasteiger partial charge in [-0.15, -0.1) is 0 Å². The molecule has 2 amide bonds. The lowest BCUT2D eigenvalue weighted by Gasteiger charge is -2.26. The van der Waals surface area contributed by atoms with Crippen molar-refractivity contribution in [3.05, 3.63) is 35.0 Å². The van der Waals surface area contributed by atoms with Gasteiger partial charge >= 0.3 is 6.09 Å². The number of ether oxygens (including phenoxy) is 1. The highest BCUT2D eigenvalue weighted by Crippen LogP contribution is 2.32. The first-order chi connectivity index (χ1) is 15.6.